The molecule has 0 heterocycles. The van der Waals surface area contributed by atoms with Crippen LogP contribution in [0.5, 0.6) is 0 Å². The molecule has 0 spiro atoms. The van der Waals surface area contributed by atoms with Crippen molar-refractivity contribution in [3.05, 3.63) is 34.9 Å². The van der Waals surface area contributed by atoms with E-state index in [4.69, 9.17) is 16.3 Å². The van der Waals surface area contributed by atoms with Gasteiger partial charge in [-0.15, -0.1) is 0 Å². The van der Waals surface area contributed by atoms with Crippen molar-refractivity contribution >= 4 is 23.4 Å². The minimum atomic E-state index is -1.12. The van der Waals surface area contributed by atoms with Crippen LogP contribution in [0.15, 0.2) is 24.3 Å². The van der Waals surface area contributed by atoms with Crippen molar-refractivity contribution in [1.82, 2.24) is 10.6 Å². The number of hydrogen-bond donors (Lipinski definition) is 2. The van der Waals surface area contributed by atoms with Gasteiger partial charge in [0.2, 0.25) is 11.8 Å². The highest BCUT2D eigenvalue weighted by Crippen LogP contribution is 2.15. The Balaban J connectivity index is 2.42. The lowest BCUT2D eigenvalue weighted by molar-refractivity contribution is -0.141. The molecule has 1 aromatic carbocycles. The van der Waals surface area contributed by atoms with Crippen LogP contribution in [0.3, 0.4) is 0 Å². The molecule has 0 fully saturated rings. The van der Waals surface area contributed by atoms with E-state index in [1.807, 2.05) is 24.3 Å². The van der Waals surface area contributed by atoms with Crippen molar-refractivity contribution in [2.24, 2.45) is 5.41 Å². The Kier molecular flexibility index (Phi) is 7.35. The fourth-order valence-electron chi connectivity index (χ4n) is 1.78. The molecular formula is C16H23ClN2O3. The van der Waals surface area contributed by atoms with E-state index in [1.54, 1.807) is 21.0 Å². The number of carbonyl (C=O) groups excluding carboxylic acids is 2. The van der Waals surface area contributed by atoms with Crippen LogP contribution in [-0.4, -0.2) is 38.6 Å². The second-order valence-corrected chi connectivity index (χ2v) is 5.94. The molecule has 0 radical (unpaired) electrons. The van der Waals surface area contributed by atoms with Crippen molar-refractivity contribution in [1.29, 1.82) is 0 Å². The van der Waals surface area contributed by atoms with Crippen LogP contribution >= 0.6 is 11.6 Å². The third-order valence-corrected chi connectivity index (χ3v) is 3.59. The number of rotatable bonds is 8. The average Bonchev–Trinajstić information content (AvgIpc) is 2.49. The summed E-state index contributed by atoms with van der Waals surface area (Å²) in [5, 5.41) is 6.16. The maximum absolute atomic E-state index is 12.2. The summed E-state index contributed by atoms with van der Waals surface area (Å²) in [6.07, 6.45) is 0.685. The molecule has 122 valence electrons. The van der Waals surface area contributed by atoms with E-state index in [9.17, 15) is 9.59 Å². The Morgan fingerprint density at radius 3 is 2.18 bits per heavy atom. The average molecular weight is 327 g/mol. The third kappa shape index (κ3) is 5.66. The summed E-state index contributed by atoms with van der Waals surface area (Å²) < 4.78 is 4.86. The summed E-state index contributed by atoms with van der Waals surface area (Å²) in [6.45, 7) is 4.48. The second kappa shape index (κ2) is 8.76. The number of ether oxygens (including phenoxy) is 1. The second-order valence-electron chi connectivity index (χ2n) is 5.51. The number of methoxy groups -OCH3 is 1. The quantitative estimate of drug-likeness (QED) is 0.565. The molecule has 2 amide bonds. The molecule has 0 unspecified atom stereocenters. The standard InChI is InChI=1S/C16H23ClN2O3/c1-16(2,15(21)19-10-11-22-3)14(20)18-9-8-12-4-6-13(17)7-5-12/h4-7H,8-11H2,1-3H3,(H,18,20)(H,19,21). The number of nitrogens with one attached hydrogen (secondary N) is 2. The van der Waals surface area contributed by atoms with E-state index in [1.165, 1.54) is 0 Å². The Hall–Kier alpha value is -1.59. The molecule has 0 aliphatic carbocycles. The number of hydrogen-bond acceptors (Lipinski definition) is 3. The van der Waals surface area contributed by atoms with Gasteiger partial charge in [0, 0.05) is 25.2 Å². The highest BCUT2D eigenvalue weighted by Gasteiger charge is 2.35. The number of carbonyl (C=O) groups is 2. The Morgan fingerprint density at radius 1 is 1.09 bits per heavy atom. The fraction of sp³-hybridized carbons (Fsp3) is 0.500. The van der Waals surface area contributed by atoms with Gasteiger partial charge in [-0.3, -0.25) is 9.59 Å². The molecule has 0 aliphatic rings. The summed E-state index contributed by atoms with van der Waals surface area (Å²) >= 11 is 5.82. The lowest BCUT2D eigenvalue weighted by Crippen LogP contribution is -2.48. The monoisotopic (exact) mass is 326 g/mol. The topological polar surface area (TPSA) is 67.4 Å². The molecule has 22 heavy (non-hydrogen) atoms. The van der Waals surface area contributed by atoms with Gasteiger partial charge in [-0.25, -0.2) is 0 Å². The van der Waals surface area contributed by atoms with Gasteiger partial charge >= 0.3 is 0 Å². The Labute approximate surface area is 136 Å². The molecular weight excluding hydrogens is 304 g/mol. The van der Waals surface area contributed by atoms with Gasteiger partial charge in [0.05, 0.1) is 6.61 Å². The smallest absolute Gasteiger partial charge is 0.235 e. The summed E-state index contributed by atoms with van der Waals surface area (Å²) in [4.78, 5) is 24.2. The zero-order valence-corrected chi connectivity index (χ0v) is 14.0. The third-order valence-electron chi connectivity index (χ3n) is 3.34. The van der Waals surface area contributed by atoms with Crippen molar-refractivity contribution in [3.8, 4) is 0 Å². The SMILES string of the molecule is COCCNC(=O)C(C)(C)C(=O)NCCc1ccc(Cl)cc1. The van der Waals surface area contributed by atoms with Crippen molar-refractivity contribution in [2.75, 3.05) is 26.8 Å². The first-order valence-electron chi connectivity index (χ1n) is 7.18. The molecule has 0 aliphatic heterocycles. The maximum Gasteiger partial charge on any atom is 0.235 e. The van der Waals surface area contributed by atoms with Crippen LogP contribution in [0.25, 0.3) is 0 Å². The normalized spacial score (nSPS) is 11.1. The van der Waals surface area contributed by atoms with Gasteiger partial charge < -0.3 is 15.4 Å². The zero-order chi connectivity index (χ0) is 16.6. The van der Waals surface area contributed by atoms with Crippen LogP contribution in [0.2, 0.25) is 5.02 Å². The zero-order valence-electron chi connectivity index (χ0n) is 13.2. The molecule has 0 atom stereocenters. The maximum atomic E-state index is 12.2. The van der Waals surface area contributed by atoms with Crippen molar-refractivity contribution < 1.29 is 14.3 Å². The van der Waals surface area contributed by atoms with E-state index in [0.717, 1.165) is 5.56 Å². The summed E-state index contributed by atoms with van der Waals surface area (Å²) in [5.74, 6) is -0.607. The van der Waals surface area contributed by atoms with E-state index in [2.05, 4.69) is 10.6 Å². The molecule has 0 saturated heterocycles. The van der Waals surface area contributed by atoms with Gasteiger partial charge in [-0.2, -0.15) is 0 Å². The first-order valence-corrected chi connectivity index (χ1v) is 7.55. The first kappa shape index (κ1) is 18.5. The van der Waals surface area contributed by atoms with Gasteiger partial charge in [-0.1, -0.05) is 23.7 Å². The molecule has 6 heteroatoms. The van der Waals surface area contributed by atoms with Gasteiger partial charge in [-0.05, 0) is 38.0 Å². The number of amides is 2. The largest absolute Gasteiger partial charge is 0.383 e. The van der Waals surface area contributed by atoms with E-state index in [0.29, 0.717) is 31.1 Å². The minimum absolute atomic E-state index is 0.295. The summed E-state index contributed by atoms with van der Waals surface area (Å²) in [5.41, 5.74) is -0.0413. The predicted molar refractivity (Wildman–Crippen MR) is 86.8 cm³/mol. The van der Waals surface area contributed by atoms with Crippen LogP contribution in [0, 0.1) is 5.41 Å². The Bertz CT molecular complexity index is 501. The van der Waals surface area contributed by atoms with Gasteiger partial charge in [0.15, 0.2) is 0 Å². The van der Waals surface area contributed by atoms with Crippen molar-refractivity contribution in [2.45, 2.75) is 20.3 Å². The summed E-state index contributed by atoms with van der Waals surface area (Å²) in [7, 11) is 1.56. The van der Waals surface area contributed by atoms with E-state index >= 15 is 0 Å². The van der Waals surface area contributed by atoms with E-state index in [-0.39, 0.29) is 11.8 Å². The highest BCUT2D eigenvalue weighted by atomic mass is 35.5. The number of benzene rings is 1. The molecule has 2 N–H and O–H groups in total. The van der Waals surface area contributed by atoms with Crippen molar-refractivity contribution in [3.63, 3.8) is 0 Å². The van der Waals surface area contributed by atoms with Crippen LogP contribution in [0.4, 0.5) is 0 Å². The first-order chi connectivity index (χ1) is 10.4. The lowest BCUT2D eigenvalue weighted by atomic mass is 9.91. The van der Waals surface area contributed by atoms with Gasteiger partial charge in [0.1, 0.15) is 5.41 Å². The van der Waals surface area contributed by atoms with Gasteiger partial charge in [0.25, 0.3) is 0 Å². The molecule has 1 aromatic rings. The highest BCUT2D eigenvalue weighted by molar-refractivity contribution is 6.30. The number of halogens is 1. The molecule has 5 nitrogen and oxygen atoms in total. The molecule has 0 saturated carbocycles. The fourth-order valence-corrected chi connectivity index (χ4v) is 1.91. The van der Waals surface area contributed by atoms with E-state index < -0.39 is 5.41 Å². The predicted octanol–water partition coefficient (Wildman–Crippen LogP) is 1.79. The van der Waals surface area contributed by atoms with Crippen LogP contribution in [-0.2, 0) is 20.7 Å². The lowest BCUT2D eigenvalue weighted by Gasteiger charge is -2.22. The molecule has 0 bridgehead atoms. The summed E-state index contributed by atoms with van der Waals surface area (Å²) in [6, 6.07) is 7.45. The minimum Gasteiger partial charge on any atom is -0.383 e. The molecule has 0 aromatic heterocycles. The van der Waals surface area contributed by atoms with Crippen LogP contribution < -0.4 is 10.6 Å². The van der Waals surface area contributed by atoms with Crippen LogP contribution in [0.1, 0.15) is 19.4 Å². The molecule has 1 rings (SSSR count). The Morgan fingerprint density at radius 2 is 1.64 bits per heavy atom.